The van der Waals surface area contributed by atoms with Gasteiger partial charge in [0.2, 0.25) is 0 Å². The van der Waals surface area contributed by atoms with Crippen LogP contribution in [0.4, 0.5) is 5.69 Å². The van der Waals surface area contributed by atoms with Crippen molar-refractivity contribution < 1.29 is 4.79 Å². The number of hydrogen-bond acceptors (Lipinski definition) is 3. The van der Waals surface area contributed by atoms with Gasteiger partial charge in [-0.15, -0.1) is 11.3 Å². The third kappa shape index (κ3) is 6.14. The Morgan fingerprint density at radius 3 is 2.48 bits per heavy atom. The minimum Gasteiger partial charge on any atom is -0.338 e. The van der Waals surface area contributed by atoms with Gasteiger partial charge in [0.1, 0.15) is 0 Å². The molecule has 0 radical (unpaired) electrons. The monoisotopic (exact) mass is 432 g/mol. The Hall–Kier alpha value is -2.72. The quantitative estimate of drug-likeness (QED) is 0.395. The molecule has 2 aromatic carbocycles. The molecular weight excluding hydrogens is 400 g/mol. The minimum atomic E-state index is 0.174. The molecule has 0 N–H and O–H groups in total. The summed E-state index contributed by atoms with van der Waals surface area (Å²) in [6.45, 7) is 10.3. The van der Waals surface area contributed by atoms with Crippen LogP contribution in [0.3, 0.4) is 0 Å². The number of carbonyl (C=O) groups excluding carboxylic acids is 1. The maximum atomic E-state index is 12.6. The van der Waals surface area contributed by atoms with Crippen LogP contribution in [-0.4, -0.2) is 29.6 Å². The van der Waals surface area contributed by atoms with Crippen LogP contribution in [0.15, 0.2) is 71.0 Å². The molecule has 0 saturated carbocycles. The van der Waals surface area contributed by atoms with E-state index < -0.39 is 0 Å². The normalized spacial score (nSPS) is 16.1. The number of aliphatic imine (C=N–C) groups is 1. The van der Waals surface area contributed by atoms with E-state index in [1.807, 2.05) is 47.4 Å². The first-order valence-electron chi connectivity index (χ1n) is 11.0. The van der Waals surface area contributed by atoms with E-state index in [9.17, 15) is 4.79 Å². The van der Waals surface area contributed by atoms with Gasteiger partial charge in [-0.3, -0.25) is 9.79 Å². The number of carbonyl (C=O) groups is 1. The first kappa shape index (κ1) is 23.0. The van der Waals surface area contributed by atoms with Gasteiger partial charge in [0, 0.05) is 34.8 Å². The second kappa shape index (κ2) is 11.1. The van der Waals surface area contributed by atoms with Gasteiger partial charge in [0.25, 0.3) is 5.91 Å². The van der Waals surface area contributed by atoms with E-state index in [0.717, 1.165) is 47.6 Å². The summed E-state index contributed by atoms with van der Waals surface area (Å²) in [4.78, 5) is 20.3. The number of thiophene rings is 1. The van der Waals surface area contributed by atoms with Crippen molar-refractivity contribution in [1.82, 2.24) is 4.90 Å². The molecule has 162 valence electrons. The second-order valence-corrected chi connectivity index (χ2v) is 9.10. The summed E-state index contributed by atoms with van der Waals surface area (Å²) in [6.07, 6.45) is 2.14. The van der Waals surface area contributed by atoms with Crippen LogP contribution in [0.2, 0.25) is 0 Å². The van der Waals surface area contributed by atoms with Gasteiger partial charge in [0.05, 0.1) is 5.69 Å². The van der Waals surface area contributed by atoms with Gasteiger partial charge >= 0.3 is 0 Å². The predicted octanol–water partition coefficient (Wildman–Crippen LogP) is 7.39. The number of amides is 1. The van der Waals surface area contributed by atoms with Crippen molar-refractivity contribution >= 4 is 28.6 Å². The van der Waals surface area contributed by atoms with Crippen LogP contribution in [0.5, 0.6) is 0 Å². The van der Waals surface area contributed by atoms with Gasteiger partial charge < -0.3 is 4.90 Å². The highest BCUT2D eigenvalue weighted by molar-refractivity contribution is 7.13. The van der Waals surface area contributed by atoms with E-state index >= 15 is 0 Å². The lowest BCUT2D eigenvalue weighted by Gasteiger charge is -2.17. The van der Waals surface area contributed by atoms with Crippen molar-refractivity contribution in [2.45, 2.75) is 40.5 Å². The maximum Gasteiger partial charge on any atom is 0.254 e. The molecule has 1 aliphatic rings. The summed E-state index contributed by atoms with van der Waals surface area (Å²) in [5.74, 6) is 0.797. The molecule has 1 saturated heterocycles. The fourth-order valence-electron chi connectivity index (χ4n) is 3.58. The third-order valence-corrected chi connectivity index (χ3v) is 6.50. The summed E-state index contributed by atoms with van der Waals surface area (Å²) < 4.78 is 0. The Bertz CT molecular complexity index is 1020. The molecule has 4 heteroatoms. The zero-order valence-corrected chi connectivity index (χ0v) is 19.8. The lowest BCUT2D eigenvalue weighted by molar-refractivity contribution is 0.0789. The first-order chi connectivity index (χ1) is 15.0. The predicted molar refractivity (Wildman–Crippen MR) is 134 cm³/mol. The molecule has 1 unspecified atom stereocenters. The molecule has 3 aromatic rings. The molecule has 3 nitrogen and oxygen atoms in total. The number of para-hydroxylation sites is 1. The van der Waals surface area contributed by atoms with Gasteiger partial charge in [-0.1, -0.05) is 56.3 Å². The van der Waals surface area contributed by atoms with Gasteiger partial charge in [-0.05, 0) is 61.7 Å². The molecule has 1 aromatic heterocycles. The lowest BCUT2D eigenvalue weighted by Crippen LogP contribution is -2.28. The largest absolute Gasteiger partial charge is 0.338 e. The summed E-state index contributed by atoms with van der Waals surface area (Å²) in [5, 5.41) is 2.05. The summed E-state index contributed by atoms with van der Waals surface area (Å²) in [5.41, 5.74) is 5.41. The SMILES string of the molecule is CC1CCN(C(=O)c2ccccc2-c2cccs2)C1.CCC(C)=Nc1ccccc1C. The number of aryl methyl sites for hydroxylation is 1. The fraction of sp³-hybridized carbons (Fsp3) is 0.333. The molecule has 1 atom stereocenters. The molecule has 2 heterocycles. The van der Waals surface area contributed by atoms with E-state index in [1.165, 1.54) is 11.3 Å². The average Bonchev–Trinajstić information content (AvgIpc) is 3.47. The molecule has 0 bridgehead atoms. The van der Waals surface area contributed by atoms with Gasteiger partial charge in [-0.25, -0.2) is 0 Å². The number of nitrogens with zero attached hydrogens (tertiary/aromatic N) is 2. The maximum absolute atomic E-state index is 12.6. The number of hydrogen-bond donors (Lipinski definition) is 0. The highest BCUT2D eigenvalue weighted by atomic mass is 32.1. The van der Waals surface area contributed by atoms with Crippen LogP contribution >= 0.6 is 11.3 Å². The zero-order chi connectivity index (χ0) is 22.2. The van der Waals surface area contributed by atoms with E-state index in [0.29, 0.717) is 5.92 Å². The van der Waals surface area contributed by atoms with Gasteiger partial charge in [-0.2, -0.15) is 0 Å². The average molecular weight is 433 g/mol. The zero-order valence-electron chi connectivity index (χ0n) is 19.0. The Balaban J connectivity index is 0.000000196. The Labute approximate surface area is 190 Å². The fourth-order valence-corrected chi connectivity index (χ4v) is 4.35. The summed E-state index contributed by atoms with van der Waals surface area (Å²) >= 11 is 1.68. The highest BCUT2D eigenvalue weighted by Crippen LogP contribution is 2.30. The Morgan fingerprint density at radius 1 is 1.10 bits per heavy atom. The third-order valence-electron chi connectivity index (χ3n) is 5.59. The van der Waals surface area contributed by atoms with Crippen LogP contribution in [-0.2, 0) is 0 Å². The van der Waals surface area contributed by atoms with Crippen molar-refractivity contribution in [1.29, 1.82) is 0 Å². The molecule has 0 aliphatic carbocycles. The Morgan fingerprint density at radius 2 is 1.84 bits per heavy atom. The second-order valence-electron chi connectivity index (χ2n) is 8.16. The summed E-state index contributed by atoms with van der Waals surface area (Å²) in [7, 11) is 0. The molecule has 1 fully saturated rings. The van der Waals surface area contributed by atoms with Crippen molar-refractivity contribution in [2.75, 3.05) is 13.1 Å². The smallest absolute Gasteiger partial charge is 0.254 e. The highest BCUT2D eigenvalue weighted by Gasteiger charge is 2.25. The first-order valence-corrected chi connectivity index (χ1v) is 11.9. The lowest BCUT2D eigenvalue weighted by atomic mass is 10.0. The van der Waals surface area contributed by atoms with E-state index in [1.54, 1.807) is 11.3 Å². The minimum absolute atomic E-state index is 0.174. The van der Waals surface area contributed by atoms with Crippen molar-refractivity contribution in [3.63, 3.8) is 0 Å². The van der Waals surface area contributed by atoms with Crippen LogP contribution in [0, 0.1) is 12.8 Å². The topological polar surface area (TPSA) is 32.7 Å². The van der Waals surface area contributed by atoms with Crippen LogP contribution < -0.4 is 0 Å². The van der Waals surface area contributed by atoms with Crippen molar-refractivity contribution in [3.05, 3.63) is 77.2 Å². The number of rotatable bonds is 4. The molecule has 1 amide bonds. The standard InChI is InChI=1S/C16H17NOS.C11H15N/c1-12-8-9-17(11-12)16(18)14-6-3-2-5-13(14)15-7-4-10-19-15;1-4-10(3)12-11-8-6-5-7-9(11)2/h2-7,10,12H,8-9,11H2,1H3;5-8H,4H2,1-3H3. The number of likely N-dealkylation sites (tertiary alicyclic amines) is 1. The van der Waals surface area contributed by atoms with Gasteiger partial charge in [0.15, 0.2) is 0 Å². The van der Waals surface area contributed by atoms with Crippen molar-refractivity contribution in [3.8, 4) is 10.4 Å². The molecule has 0 spiro atoms. The number of benzene rings is 2. The van der Waals surface area contributed by atoms with E-state index in [-0.39, 0.29) is 5.91 Å². The molecule has 1 aliphatic heterocycles. The summed E-state index contributed by atoms with van der Waals surface area (Å²) in [6, 6.07) is 20.2. The van der Waals surface area contributed by atoms with E-state index in [4.69, 9.17) is 0 Å². The van der Waals surface area contributed by atoms with Crippen LogP contribution in [0.25, 0.3) is 10.4 Å². The molecule has 4 rings (SSSR count). The van der Waals surface area contributed by atoms with E-state index in [2.05, 4.69) is 56.3 Å². The Kier molecular flexibility index (Phi) is 8.19. The van der Waals surface area contributed by atoms with Crippen LogP contribution in [0.1, 0.15) is 49.5 Å². The molecular formula is C27H32N2OS. The van der Waals surface area contributed by atoms with Crippen molar-refractivity contribution in [2.24, 2.45) is 10.9 Å². The molecule has 31 heavy (non-hydrogen) atoms.